The van der Waals surface area contributed by atoms with Gasteiger partial charge in [-0.3, -0.25) is 24.2 Å². The maximum absolute atomic E-state index is 13.0. The largest absolute Gasteiger partial charge is 0.479 e. The van der Waals surface area contributed by atoms with Crippen LogP contribution in [0.4, 0.5) is 5.69 Å². The lowest BCUT2D eigenvalue weighted by atomic mass is 10.1. The Morgan fingerprint density at radius 1 is 1.03 bits per heavy atom. The minimum absolute atomic E-state index is 0.175. The SMILES string of the molecule is Cc1nc(-c2ccc3c(c2)N(CN2C(=O)c4ccccc4C2=O)C(=O)C(C)O3)cs1. The van der Waals surface area contributed by atoms with Crippen molar-refractivity contribution in [3.63, 3.8) is 0 Å². The zero-order chi connectivity index (χ0) is 21.0. The molecule has 3 aromatic rings. The number of benzene rings is 2. The van der Waals surface area contributed by atoms with Crippen molar-refractivity contribution in [2.75, 3.05) is 11.6 Å². The number of imide groups is 1. The Balaban J connectivity index is 1.54. The average Bonchev–Trinajstić information content (AvgIpc) is 3.28. The highest BCUT2D eigenvalue weighted by Crippen LogP contribution is 2.38. The number of aromatic nitrogens is 1. The van der Waals surface area contributed by atoms with Crippen molar-refractivity contribution in [2.24, 2.45) is 0 Å². The first-order valence-electron chi connectivity index (χ1n) is 9.44. The molecule has 8 heteroatoms. The Labute approximate surface area is 176 Å². The number of ether oxygens (including phenoxy) is 1. The molecule has 0 radical (unpaired) electrons. The molecule has 1 atom stereocenters. The van der Waals surface area contributed by atoms with Crippen LogP contribution in [0.15, 0.2) is 47.8 Å². The molecule has 0 aliphatic carbocycles. The van der Waals surface area contributed by atoms with E-state index in [0.29, 0.717) is 22.6 Å². The van der Waals surface area contributed by atoms with Gasteiger partial charge in [0.1, 0.15) is 12.4 Å². The summed E-state index contributed by atoms with van der Waals surface area (Å²) < 4.78 is 5.75. The van der Waals surface area contributed by atoms with Gasteiger partial charge in [-0.15, -0.1) is 11.3 Å². The molecule has 3 heterocycles. The third-order valence-corrected chi connectivity index (χ3v) is 6.02. The van der Waals surface area contributed by atoms with E-state index in [1.165, 1.54) is 16.2 Å². The predicted octanol–water partition coefficient (Wildman–Crippen LogP) is 3.49. The molecular formula is C22H17N3O4S. The molecule has 0 bridgehead atoms. The molecule has 1 unspecified atom stereocenters. The molecule has 0 saturated heterocycles. The van der Waals surface area contributed by atoms with Crippen LogP contribution >= 0.6 is 11.3 Å². The lowest BCUT2D eigenvalue weighted by molar-refractivity contribution is -0.125. The number of thiazole rings is 1. The van der Waals surface area contributed by atoms with Gasteiger partial charge in [0.15, 0.2) is 6.10 Å². The van der Waals surface area contributed by atoms with Gasteiger partial charge in [0.05, 0.1) is 27.5 Å². The smallest absolute Gasteiger partial charge is 0.269 e. The van der Waals surface area contributed by atoms with E-state index in [-0.39, 0.29) is 12.6 Å². The number of amides is 3. The van der Waals surface area contributed by atoms with Gasteiger partial charge in [-0.25, -0.2) is 4.98 Å². The molecule has 3 amide bonds. The van der Waals surface area contributed by atoms with E-state index in [1.54, 1.807) is 37.3 Å². The molecule has 2 aromatic carbocycles. The highest BCUT2D eigenvalue weighted by molar-refractivity contribution is 7.09. The molecule has 5 rings (SSSR count). The normalized spacial score (nSPS) is 17.8. The van der Waals surface area contributed by atoms with Crippen molar-refractivity contribution in [1.29, 1.82) is 0 Å². The van der Waals surface area contributed by atoms with E-state index in [0.717, 1.165) is 21.2 Å². The average molecular weight is 419 g/mol. The minimum Gasteiger partial charge on any atom is -0.479 e. The third-order valence-electron chi connectivity index (χ3n) is 5.24. The van der Waals surface area contributed by atoms with Gasteiger partial charge in [0.25, 0.3) is 17.7 Å². The molecule has 0 spiro atoms. The quantitative estimate of drug-likeness (QED) is 0.607. The zero-order valence-electron chi connectivity index (χ0n) is 16.3. The van der Waals surface area contributed by atoms with Crippen LogP contribution < -0.4 is 9.64 Å². The summed E-state index contributed by atoms with van der Waals surface area (Å²) in [6, 6.07) is 12.2. The molecule has 0 saturated carbocycles. The molecule has 30 heavy (non-hydrogen) atoms. The van der Waals surface area contributed by atoms with Gasteiger partial charge in [-0.05, 0) is 44.2 Å². The Hall–Kier alpha value is -3.52. The Kier molecular flexibility index (Phi) is 4.18. The lowest BCUT2D eigenvalue weighted by Crippen LogP contribution is -2.50. The van der Waals surface area contributed by atoms with Gasteiger partial charge in [-0.2, -0.15) is 0 Å². The summed E-state index contributed by atoms with van der Waals surface area (Å²) in [5.41, 5.74) is 2.84. The molecule has 0 N–H and O–H groups in total. The summed E-state index contributed by atoms with van der Waals surface area (Å²) in [5.74, 6) is -0.606. The molecule has 2 aliphatic rings. The van der Waals surface area contributed by atoms with Crippen LogP contribution in [0.1, 0.15) is 32.6 Å². The van der Waals surface area contributed by atoms with E-state index >= 15 is 0 Å². The van der Waals surface area contributed by atoms with Gasteiger partial charge in [0.2, 0.25) is 0 Å². The summed E-state index contributed by atoms with van der Waals surface area (Å²) in [6.07, 6.45) is -0.722. The number of fused-ring (bicyclic) bond motifs is 2. The number of aryl methyl sites for hydroxylation is 1. The Morgan fingerprint density at radius 2 is 1.73 bits per heavy atom. The van der Waals surface area contributed by atoms with E-state index < -0.39 is 17.9 Å². The van der Waals surface area contributed by atoms with Crippen LogP contribution in [0.25, 0.3) is 11.3 Å². The Morgan fingerprint density at radius 3 is 2.37 bits per heavy atom. The predicted molar refractivity (Wildman–Crippen MR) is 112 cm³/mol. The van der Waals surface area contributed by atoms with Crippen molar-refractivity contribution < 1.29 is 19.1 Å². The minimum atomic E-state index is -0.722. The standard InChI is InChI=1S/C22H17N3O4S/c1-12-20(26)24(11-25-21(27)15-5-3-4-6-16(15)22(25)28)18-9-14(7-8-19(18)29-12)17-10-30-13(2)23-17/h3-10,12H,11H2,1-2H3. The number of anilines is 1. The van der Waals surface area contributed by atoms with Crippen molar-refractivity contribution in [2.45, 2.75) is 20.0 Å². The van der Waals surface area contributed by atoms with Gasteiger partial charge in [-0.1, -0.05) is 12.1 Å². The fourth-order valence-electron chi connectivity index (χ4n) is 3.72. The van der Waals surface area contributed by atoms with Crippen molar-refractivity contribution >= 4 is 34.7 Å². The van der Waals surface area contributed by atoms with Gasteiger partial charge in [0, 0.05) is 10.9 Å². The summed E-state index contributed by atoms with van der Waals surface area (Å²) in [4.78, 5) is 45.6. The molecule has 7 nitrogen and oxygen atoms in total. The molecule has 2 aliphatic heterocycles. The number of hydrogen-bond donors (Lipinski definition) is 0. The van der Waals surface area contributed by atoms with Crippen molar-refractivity contribution in [3.8, 4) is 17.0 Å². The Bertz CT molecular complexity index is 1180. The third kappa shape index (κ3) is 2.80. The second-order valence-corrected chi connectivity index (χ2v) is 8.25. The number of nitrogens with zero attached hydrogens (tertiary/aromatic N) is 3. The second kappa shape index (κ2) is 6.77. The summed E-state index contributed by atoms with van der Waals surface area (Å²) in [7, 11) is 0. The fraction of sp³-hybridized carbons (Fsp3) is 0.182. The fourth-order valence-corrected chi connectivity index (χ4v) is 4.34. The molecule has 1 aromatic heterocycles. The highest BCUT2D eigenvalue weighted by atomic mass is 32.1. The number of rotatable bonds is 3. The molecule has 0 fully saturated rings. The van der Waals surface area contributed by atoms with Crippen molar-refractivity contribution in [1.82, 2.24) is 9.88 Å². The first kappa shape index (κ1) is 18.5. The van der Waals surface area contributed by atoms with E-state index in [1.807, 2.05) is 24.4 Å². The van der Waals surface area contributed by atoms with Crippen LogP contribution in [0.3, 0.4) is 0 Å². The summed E-state index contributed by atoms with van der Waals surface area (Å²) >= 11 is 1.54. The molecular weight excluding hydrogens is 402 g/mol. The van der Waals surface area contributed by atoms with Crippen LogP contribution in [-0.2, 0) is 4.79 Å². The van der Waals surface area contributed by atoms with Crippen LogP contribution in [0, 0.1) is 6.92 Å². The van der Waals surface area contributed by atoms with Gasteiger partial charge < -0.3 is 4.74 Å². The maximum atomic E-state index is 13.0. The maximum Gasteiger partial charge on any atom is 0.269 e. The number of hydrogen-bond acceptors (Lipinski definition) is 6. The topological polar surface area (TPSA) is 79.8 Å². The van der Waals surface area contributed by atoms with Crippen LogP contribution in [-0.4, -0.2) is 40.4 Å². The van der Waals surface area contributed by atoms with E-state index in [2.05, 4.69) is 4.98 Å². The van der Waals surface area contributed by atoms with Gasteiger partial charge >= 0.3 is 0 Å². The van der Waals surface area contributed by atoms with E-state index in [9.17, 15) is 14.4 Å². The zero-order valence-corrected chi connectivity index (χ0v) is 17.1. The van der Waals surface area contributed by atoms with Crippen LogP contribution in [0.2, 0.25) is 0 Å². The van der Waals surface area contributed by atoms with Crippen molar-refractivity contribution in [3.05, 3.63) is 64.0 Å². The van der Waals surface area contributed by atoms with E-state index in [4.69, 9.17) is 4.74 Å². The summed E-state index contributed by atoms with van der Waals surface area (Å²) in [5, 5.41) is 2.88. The second-order valence-electron chi connectivity index (χ2n) is 7.19. The monoisotopic (exact) mass is 419 g/mol. The number of carbonyl (C=O) groups is 3. The highest BCUT2D eigenvalue weighted by Gasteiger charge is 2.40. The first-order chi connectivity index (χ1) is 14.4. The first-order valence-corrected chi connectivity index (χ1v) is 10.3. The number of carbonyl (C=O) groups excluding carboxylic acids is 3. The molecule has 150 valence electrons. The summed E-state index contributed by atoms with van der Waals surface area (Å²) in [6.45, 7) is 3.40. The van der Waals surface area contributed by atoms with Crippen LogP contribution in [0.5, 0.6) is 5.75 Å². The lowest BCUT2D eigenvalue weighted by Gasteiger charge is -2.35.